The molecule has 0 radical (unpaired) electrons. The van der Waals surface area contributed by atoms with Crippen molar-refractivity contribution in [2.45, 2.75) is 38.1 Å². The van der Waals surface area contributed by atoms with E-state index < -0.39 is 0 Å². The van der Waals surface area contributed by atoms with Crippen LogP contribution >= 0.6 is 0 Å². The van der Waals surface area contributed by atoms with Gasteiger partial charge in [0.15, 0.2) is 17.4 Å². The van der Waals surface area contributed by atoms with Crippen molar-refractivity contribution in [3.05, 3.63) is 4.91 Å². The second-order valence-electron chi connectivity index (χ2n) is 2.69. The maximum Gasteiger partial charge on any atom is 0.187 e. The van der Waals surface area contributed by atoms with Gasteiger partial charge < -0.3 is 0 Å². The lowest BCUT2D eigenvalue weighted by atomic mass is 9.96. The molecule has 1 saturated carbocycles. The summed E-state index contributed by atoms with van der Waals surface area (Å²) in [4.78, 5) is 9.83. The standard InChI is InChI=1S/C6H12N2O2.Al.3H/c9-7-8(10)6-4-2-1-3-5-6;;;;/h6,10H,1-5H2;;;;. The molecule has 64 valence electrons. The average molecular weight is 174 g/mol. The van der Waals surface area contributed by atoms with E-state index in [9.17, 15) is 4.91 Å². The van der Waals surface area contributed by atoms with Crippen LogP contribution in [0, 0.1) is 4.91 Å². The number of nitroso groups, excluding NO2 is 1. The van der Waals surface area contributed by atoms with E-state index in [2.05, 4.69) is 5.29 Å². The lowest BCUT2D eigenvalue weighted by molar-refractivity contribution is -0.136. The molecule has 4 nitrogen and oxygen atoms in total. The first kappa shape index (κ1) is 10.9. The maximum absolute atomic E-state index is 9.83. The molecule has 0 spiro atoms. The largest absolute Gasteiger partial charge is 0.269 e. The van der Waals surface area contributed by atoms with Crippen LogP contribution in [0.2, 0.25) is 0 Å². The summed E-state index contributed by atoms with van der Waals surface area (Å²) in [5.74, 6) is 0. The number of hydroxylamine groups is 1. The summed E-state index contributed by atoms with van der Waals surface area (Å²) in [6, 6.07) is -0.0220. The van der Waals surface area contributed by atoms with Crippen LogP contribution in [0.15, 0.2) is 5.29 Å². The number of nitrogens with zero attached hydrogens (tertiary/aromatic N) is 2. The fourth-order valence-electron chi connectivity index (χ4n) is 1.38. The Morgan fingerprint density at radius 1 is 1.27 bits per heavy atom. The quantitative estimate of drug-likeness (QED) is 0.377. The smallest absolute Gasteiger partial charge is 0.187 e. The van der Waals surface area contributed by atoms with Crippen LogP contribution in [0.1, 0.15) is 32.1 Å². The van der Waals surface area contributed by atoms with Crippen molar-refractivity contribution in [1.29, 1.82) is 0 Å². The van der Waals surface area contributed by atoms with Crippen molar-refractivity contribution < 1.29 is 5.21 Å². The van der Waals surface area contributed by atoms with Gasteiger partial charge in [-0.3, -0.25) is 5.21 Å². The van der Waals surface area contributed by atoms with E-state index in [1.54, 1.807) is 0 Å². The zero-order valence-electron chi connectivity index (χ0n) is 5.86. The second kappa shape index (κ2) is 5.53. The van der Waals surface area contributed by atoms with Crippen LogP contribution < -0.4 is 0 Å². The molecule has 1 aliphatic rings. The summed E-state index contributed by atoms with van der Waals surface area (Å²) in [5, 5.41) is 11.8. The molecule has 0 saturated heterocycles. The van der Waals surface area contributed by atoms with Crippen molar-refractivity contribution in [1.82, 2.24) is 5.17 Å². The Kier molecular flexibility index (Phi) is 5.48. The van der Waals surface area contributed by atoms with E-state index in [1.807, 2.05) is 0 Å². The highest BCUT2D eigenvalue weighted by Gasteiger charge is 2.18. The van der Waals surface area contributed by atoms with E-state index in [1.165, 1.54) is 6.42 Å². The Morgan fingerprint density at radius 3 is 2.27 bits per heavy atom. The number of hydrogen-bond acceptors (Lipinski definition) is 3. The predicted molar refractivity (Wildman–Crippen MR) is 46.2 cm³/mol. The van der Waals surface area contributed by atoms with Crippen LogP contribution in [-0.2, 0) is 0 Å². The van der Waals surface area contributed by atoms with Gasteiger partial charge in [-0.2, -0.15) is 0 Å². The molecule has 0 atom stereocenters. The molecule has 0 amide bonds. The molecule has 0 aromatic heterocycles. The monoisotopic (exact) mass is 174 g/mol. The molecule has 1 rings (SSSR count). The van der Waals surface area contributed by atoms with Gasteiger partial charge in [0.05, 0.1) is 11.3 Å². The van der Waals surface area contributed by atoms with Crippen molar-refractivity contribution in [3.8, 4) is 0 Å². The summed E-state index contributed by atoms with van der Waals surface area (Å²) in [6.07, 6.45) is 5.18. The lowest BCUT2D eigenvalue weighted by Crippen LogP contribution is -2.29. The third-order valence-corrected chi connectivity index (χ3v) is 1.98. The first-order valence-electron chi connectivity index (χ1n) is 3.66. The van der Waals surface area contributed by atoms with Crippen molar-refractivity contribution >= 4 is 17.4 Å². The van der Waals surface area contributed by atoms with Crippen LogP contribution in [0.25, 0.3) is 0 Å². The molecule has 11 heavy (non-hydrogen) atoms. The minimum absolute atomic E-state index is 0. The fraction of sp³-hybridized carbons (Fsp3) is 1.00. The molecule has 0 aromatic rings. The molecule has 0 aromatic carbocycles. The van der Waals surface area contributed by atoms with Gasteiger partial charge in [-0.25, -0.2) is 0 Å². The molecule has 0 unspecified atom stereocenters. The average Bonchev–Trinajstić information content (AvgIpc) is 2.05. The Balaban J connectivity index is 0.000001000. The first-order valence-corrected chi connectivity index (χ1v) is 3.66. The summed E-state index contributed by atoms with van der Waals surface area (Å²) in [7, 11) is 0. The number of rotatable bonds is 2. The van der Waals surface area contributed by atoms with Crippen molar-refractivity contribution in [2.24, 2.45) is 5.29 Å². The third-order valence-electron chi connectivity index (χ3n) is 1.98. The van der Waals surface area contributed by atoms with E-state index >= 15 is 0 Å². The zero-order valence-corrected chi connectivity index (χ0v) is 5.86. The topological polar surface area (TPSA) is 52.9 Å². The Morgan fingerprint density at radius 2 is 1.82 bits per heavy atom. The molecule has 0 aliphatic heterocycles. The minimum atomic E-state index is -0.0220. The zero-order chi connectivity index (χ0) is 7.40. The second-order valence-corrected chi connectivity index (χ2v) is 2.69. The first-order chi connectivity index (χ1) is 4.84. The SMILES string of the molecule is O=NN(O)C1CCCCC1.[AlH3]. The summed E-state index contributed by atoms with van der Waals surface area (Å²) in [5.41, 5.74) is 0. The Hall–Kier alpha value is -0.108. The van der Waals surface area contributed by atoms with Crippen LogP contribution in [0.5, 0.6) is 0 Å². The molecule has 1 fully saturated rings. The highest BCUT2D eigenvalue weighted by molar-refractivity contribution is 5.75. The minimum Gasteiger partial charge on any atom is -0.269 e. The molecule has 0 heterocycles. The third kappa shape index (κ3) is 3.19. The molecule has 5 heteroatoms. The molecular formula is C6H15AlN2O2. The fourth-order valence-corrected chi connectivity index (χ4v) is 1.38. The highest BCUT2D eigenvalue weighted by Crippen LogP contribution is 2.21. The van der Waals surface area contributed by atoms with Gasteiger partial charge in [-0.15, -0.1) is 10.1 Å². The van der Waals surface area contributed by atoms with E-state index in [-0.39, 0.29) is 23.4 Å². The van der Waals surface area contributed by atoms with Crippen LogP contribution in [0.4, 0.5) is 0 Å². The molecular weight excluding hydrogens is 159 g/mol. The van der Waals surface area contributed by atoms with E-state index in [4.69, 9.17) is 5.21 Å². The Bertz CT molecular complexity index is 117. The van der Waals surface area contributed by atoms with Crippen molar-refractivity contribution in [3.63, 3.8) is 0 Å². The Labute approximate surface area is 76.6 Å². The lowest BCUT2D eigenvalue weighted by Gasteiger charge is -2.23. The van der Waals surface area contributed by atoms with Gasteiger partial charge >= 0.3 is 0 Å². The molecule has 1 aliphatic carbocycles. The van der Waals surface area contributed by atoms with Crippen molar-refractivity contribution in [2.75, 3.05) is 0 Å². The molecule has 0 bridgehead atoms. The summed E-state index contributed by atoms with van der Waals surface area (Å²) >= 11 is 0. The van der Waals surface area contributed by atoms with Gasteiger partial charge in [0, 0.05) is 0 Å². The summed E-state index contributed by atoms with van der Waals surface area (Å²) in [6.45, 7) is 0. The van der Waals surface area contributed by atoms with Gasteiger partial charge in [0.1, 0.15) is 0 Å². The maximum atomic E-state index is 9.83. The normalized spacial score (nSPS) is 18.6. The van der Waals surface area contributed by atoms with E-state index in [0.717, 1.165) is 25.7 Å². The van der Waals surface area contributed by atoms with Gasteiger partial charge in [-0.1, -0.05) is 19.3 Å². The van der Waals surface area contributed by atoms with E-state index in [0.29, 0.717) is 5.17 Å². The van der Waals surface area contributed by atoms with Gasteiger partial charge in [-0.05, 0) is 12.8 Å². The van der Waals surface area contributed by atoms with Crippen LogP contribution in [0.3, 0.4) is 0 Å². The predicted octanol–water partition coefficient (Wildman–Crippen LogP) is 0.508. The number of hydrogen-bond donors (Lipinski definition) is 1. The van der Waals surface area contributed by atoms with Gasteiger partial charge in [0.25, 0.3) is 0 Å². The van der Waals surface area contributed by atoms with Gasteiger partial charge in [0.2, 0.25) is 0 Å². The molecule has 1 N–H and O–H groups in total. The van der Waals surface area contributed by atoms with Crippen LogP contribution in [-0.4, -0.2) is 33.8 Å². The highest BCUT2D eigenvalue weighted by atomic mass is 27.0. The summed E-state index contributed by atoms with van der Waals surface area (Å²) < 4.78 is 0.